The molecule has 2 fully saturated rings. The van der Waals surface area contributed by atoms with E-state index in [0.717, 1.165) is 19.3 Å². The first-order valence-electron chi connectivity index (χ1n) is 7.36. The van der Waals surface area contributed by atoms with Crippen molar-refractivity contribution in [3.8, 4) is 0 Å². The van der Waals surface area contributed by atoms with Crippen molar-refractivity contribution >= 4 is 5.91 Å². The van der Waals surface area contributed by atoms with Gasteiger partial charge in [-0.1, -0.05) is 39.5 Å². The summed E-state index contributed by atoms with van der Waals surface area (Å²) >= 11 is 0. The molecule has 2 rings (SSSR count). The van der Waals surface area contributed by atoms with Gasteiger partial charge in [0.1, 0.15) is 0 Å². The topological polar surface area (TPSA) is 32.3 Å². The Balaban J connectivity index is 2.04. The Morgan fingerprint density at radius 2 is 1.94 bits per heavy atom. The zero-order valence-electron chi connectivity index (χ0n) is 11.2. The first kappa shape index (κ1) is 12.9. The van der Waals surface area contributed by atoms with E-state index in [1.165, 1.54) is 32.1 Å². The fraction of sp³-hybridized carbons (Fsp3) is 0.929. The molecule has 0 spiro atoms. The molecule has 1 amide bonds. The van der Waals surface area contributed by atoms with Gasteiger partial charge in [0.25, 0.3) is 0 Å². The molecule has 1 N–H and O–H groups in total. The highest BCUT2D eigenvalue weighted by molar-refractivity contribution is 5.84. The molecule has 1 aliphatic heterocycles. The van der Waals surface area contributed by atoms with Crippen LogP contribution in [0.2, 0.25) is 0 Å². The summed E-state index contributed by atoms with van der Waals surface area (Å²) in [6.07, 6.45) is 9.75. The Kier molecular flexibility index (Phi) is 4.43. The van der Waals surface area contributed by atoms with Crippen LogP contribution in [-0.4, -0.2) is 29.1 Å². The summed E-state index contributed by atoms with van der Waals surface area (Å²) < 4.78 is 0. The number of carbonyl (C=O) groups is 1. The average molecular weight is 238 g/mol. The minimum absolute atomic E-state index is 0.0897. The number of carbonyl (C=O) groups excluding carboxylic acids is 1. The predicted octanol–water partition coefficient (Wildman–Crippen LogP) is 2.66. The smallest absolute Gasteiger partial charge is 0.241 e. The van der Waals surface area contributed by atoms with Gasteiger partial charge in [0.05, 0.1) is 12.2 Å². The van der Waals surface area contributed by atoms with Gasteiger partial charge in [0, 0.05) is 6.04 Å². The van der Waals surface area contributed by atoms with E-state index in [9.17, 15) is 4.79 Å². The lowest BCUT2D eigenvalue weighted by atomic mass is 9.93. The minimum Gasteiger partial charge on any atom is -0.323 e. The first-order valence-corrected chi connectivity index (χ1v) is 7.36. The largest absolute Gasteiger partial charge is 0.323 e. The monoisotopic (exact) mass is 238 g/mol. The second kappa shape index (κ2) is 5.85. The molecular formula is C14H26N2O. The minimum atomic E-state index is 0.0897. The quantitative estimate of drug-likeness (QED) is 0.816. The Labute approximate surface area is 105 Å². The summed E-state index contributed by atoms with van der Waals surface area (Å²) in [5.41, 5.74) is 0. The SMILES string of the molecule is CCCC1NC(CC)N(C2CCCCC2)C1=O. The van der Waals surface area contributed by atoms with Gasteiger partial charge in [-0.15, -0.1) is 0 Å². The highest BCUT2D eigenvalue weighted by Crippen LogP contribution is 2.28. The molecule has 3 heteroatoms. The maximum atomic E-state index is 12.4. The maximum Gasteiger partial charge on any atom is 0.241 e. The van der Waals surface area contributed by atoms with Crippen molar-refractivity contribution in [2.24, 2.45) is 0 Å². The molecule has 1 saturated carbocycles. The van der Waals surface area contributed by atoms with E-state index in [2.05, 4.69) is 24.1 Å². The lowest BCUT2D eigenvalue weighted by molar-refractivity contribution is -0.133. The van der Waals surface area contributed by atoms with E-state index >= 15 is 0 Å². The van der Waals surface area contributed by atoms with Gasteiger partial charge < -0.3 is 4.90 Å². The van der Waals surface area contributed by atoms with Crippen LogP contribution >= 0.6 is 0 Å². The van der Waals surface area contributed by atoms with Crippen LogP contribution in [0.4, 0.5) is 0 Å². The molecule has 1 saturated heterocycles. The summed E-state index contributed by atoms with van der Waals surface area (Å²) in [5.74, 6) is 0.366. The van der Waals surface area contributed by atoms with Crippen LogP contribution in [0, 0.1) is 0 Å². The van der Waals surface area contributed by atoms with Gasteiger partial charge in [-0.3, -0.25) is 10.1 Å². The summed E-state index contributed by atoms with van der Waals surface area (Å²) in [7, 11) is 0. The molecule has 1 heterocycles. The normalized spacial score (nSPS) is 31.2. The van der Waals surface area contributed by atoms with Crippen molar-refractivity contribution in [3.05, 3.63) is 0 Å². The average Bonchev–Trinajstić information content (AvgIpc) is 2.68. The second-order valence-corrected chi connectivity index (χ2v) is 5.47. The molecule has 0 aromatic rings. The molecule has 0 radical (unpaired) electrons. The van der Waals surface area contributed by atoms with Crippen LogP contribution in [0.25, 0.3) is 0 Å². The Hall–Kier alpha value is -0.570. The van der Waals surface area contributed by atoms with E-state index in [0.29, 0.717) is 18.1 Å². The van der Waals surface area contributed by atoms with Crippen molar-refractivity contribution in [2.45, 2.75) is 83.5 Å². The van der Waals surface area contributed by atoms with Crippen LogP contribution in [0.5, 0.6) is 0 Å². The van der Waals surface area contributed by atoms with Crippen molar-refractivity contribution in [1.29, 1.82) is 0 Å². The number of rotatable bonds is 4. The zero-order chi connectivity index (χ0) is 12.3. The van der Waals surface area contributed by atoms with E-state index in [1.807, 2.05) is 0 Å². The molecule has 2 unspecified atom stereocenters. The van der Waals surface area contributed by atoms with Gasteiger partial charge in [-0.05, 0) is 25.7 Å². The van der Waals surface area contributed by atoms with Crippen LogP contribution in [-0.2, 0) is 4.79 Å². The zero-order valence-corrected chi connectivity index (χ0v) is 11.2. The molecule has 0 aromatic heterocycles. The van der Waals surface area contributed by atoms with Crippen LogP contribution in [0.1, 0.15) is 65.2 Å². The number of nitrogens with one attached hydrogen (secondary N) is 1. The highest BCUT2D eigenvalue weighted by Gasteiger charge is 2.40. The van der Waals surface area contributed by atoms with Crippen LogP contribution < -0.4 is 5.32 Å². The molecular weight excluding hydrogens is 212 g/mol. The van der Waals surface area contributed by atoms with Crippen molar-refractivity contribution < 1.29 is 4.79 Å². The lowest BCUT2D eigenvalue weighted by Gasteiger charge is -2.34. The standard InChI is InChI=1S/C14H26N2O/c1-3-8-12-14(17)16(13(4-2)15-12)11-9-6-5-7-10-11/h11-13,15H,3-10H2,1-2H3. The molecule has 17 heavy (non-hydrogen) atoms. The first-order chi connectivity index (χ1) is 8.27. The van der Waals surface area contributed by atoms with Gasteiger partial charge in [-0.25, -0.2) is 0 Å². The number of hydrogen-bond acceptors (Lipinski definition) is 2. The summed E-state index contributed by atoms with van der Waals surface area (Å²) in [6.45, 7) is 4.33. The van der Waals surface area contributed by atoms with Gasteiger partial charge in [0.15, 0.2) is 0 Å². The molecule has 2 aliphatic rings. The van der Waals surface area contributed by atoms with Crippen LogP contribution in [0.15, 0.2) is 0 Å². The van der Waals surface area contributed by atoms with Gasteiger partial charge in [0.2, 0.25) is 5.91 Å². The molecule has 3 nitrogen and oxygen atoms in total. The second-order valence-electron chi connectivity index (χ2n) is 5.47. The summed E-state index contributed by atoms with van der Waals surface area (Å²) in [4.78, 5) is 14.6. The third-order valence-electron chi connectivity index (χ3n) is 4.21. The summed E-state index contributed by atoms with van der Waals surface area (Å²) in [6, 6.07) is 0.599. The molecule has 2 atom stereocenters. The lowest BCUT2D eigenvalue weighted by Crippen LogP contribution is -2.45. The van der Waals surface area contributed by atoms with E-state index in [4.69, 9.17) is 0 Å². The van der Waals surface area contributed by atoms with Crippen molar-refractivity contribution in [3.63, 3.8) is 0 Å². The van der Waals surface area contributed by atoms with Crippen LogP contribution in [0.3, 0.4) is 0 Å². The molecule has 0 bridgehead atoms. The number of hydrogen-bond donors (Lipinski definition) is 1. The summed E-state index contributed by atoms with van der Waals surface area (Å²) in [5, 5.41) is 3.52. The fourth-order valence-corrected chi connectivity index (χ4v) is 3.32. The van der Waals surface area contributed by atoms with E-state index in [-0.39, 0.29) is 6.04 Å². The molecule has 98 valence electrons. The fourth-order valence-electron chi connectivity index (χ4n) is 3.32. The van der Waals surface area contributed by atoms with Crippen molar-refractivity contribution in [2.75, 3.05) is 0 Å². The maximum absolute atomic E-state index is 12.4. The predicted molar refractivity (Wildman–Crippen MR) is 69.6 cm³/mol. The Morgan fingerprint density at radius 1 is 1.24 bits per heavy atom. The molecule has 0 aromatic carbocycles. The third-order valence-corrected chi connectivity index (χ3v) is 4.21. The van der Waals surface area contributed by atoms with E-state index in [1.54, 1.807) is 0 Å². The van der Waals surface area contributed by atoms with Gasteiger partial charge in [-0.2, -0.15) is 0 Å². The van der Waals surface area contributed by atoms with E-state index < -0.39 is 0 Å². The number of nitrogens with zero attached hydrogens (tertiary/aromatic N) is 1. The Bertz CT molecular complexity index is 261. The molecule has 1 aliphatic carbocycles. The van der Waals surface area contributed by atoms with Gasteiger partial charge >= 0.3 is 0 Å². The number of amides is 1. The third kappa shape index (κ3) is 2.65. The Morgan fingerprint density at radius 3 is 2.53 bits per heavy atom. The van der Waals surface area contributed by atoms with Crippen molar-refractivity contribution in [1.82, 2.24) is 10.2 Å². The highest BCUT2D eigenvalue weighted by atomic mass is 16.2.